The molecule has 0 aromatic heterocycles. The van der Waals surface area contributed by atoms with E-state index in [0.29, 0.717) is 41.5 Å². The first-order valence-electron chi connectivity index (χ1n) is 8.91. The smallest absolute Gasteiger partial charge is 0.310 e. The highest BCUT2D eigenvalue weighted by Gasteiger charge is 2.20. The van der Waals surface area contributed by atoms with E-state index in [4.69, 9.17) is 14.2 Å². The second-order valence-corrected chi connectivity index (χ2v) is 8.35. The highest BCUT2D eigenvalue weighted by Crippen LogP contribution is 2.31. The molecule has 29 heavy (non-hydrogen) atoms. The van der Waals surface area contributed by atoms with Crippen LogP contribution in [0.3, 0.4) is 0 Å². The molecule has 3 rings (SSSR count). The standard InChI is InChI=1S/C20H21NO7S/c1-13(20(23)15-4-6-16(7-5-15)21-29(2,24)25)28-19(22)12-14-3-8-17-18(11-14)27-10-9-26-17/h3-8,11,13,21H,9-10,12H2,1-2H3. The van der Waals surface area contributed by atoms with Crippen LogP contribution in [0.4, 0.5) is 5.69 Å². The van der Waals surface area contributed by atoms with Gasteiger partial charge in [-0.2, -0.15) is 0 Å². The van der Waals surface area contributed by atoms with Crippen molar-refractivity contribution in [1.29, 1.82) is 0 Å². The zero-order valence-electron chi connectivity index (χ0n) is 16.0. The van der Waals surface area contributed by atoms with Crippen LogP contribution in [0.5, 0.6) is 11.5 Å². The van der Waals surface area contributed by atoms with Crippen molar-refractivity contribution in [3.63, 3.8) is 0 Å². The molecular weight excluding hydrogens is 398 g/mol. The van der Waals surface area contributed by atoms with E-state index in [2.05, 4.69) is 4.72 Å². The number of hydrogen-bond donors (Lipinski definition) is 1. The minimum Gasteiger partial charge on any atom is -0.486 e. The number of benzene rings is 2. The van der Waals surface area contributed by atoms with E-state index in [1.807, 2.05) is 0 Å². The maximum absolute atomic E-state index is 12.5. The van der Waals surface area contributed by atoms with E-state index in [9.17, 15) is 18.0 Å². The molecule has 9 heteroatoms. The van der Waals surface area contributed by atoms with E-state index in [1.54, 1.807) is 18.2 Å². The summed E-state index contributed by atoms with van der Waals surface area (Å²) in [6, 6.07) is 11.1. The van der Waals surface area contributed by atoms with Crippen LogP contribution in [0.15, 0.2) is 42.5 Å². The molecule has 0 radical (unpaired) electrons. The van der Waals surface area contributed by atoms with Gasteiger partial charge in [-0.1, -0.05) is 6.07 Å². The monoisotopic (exact) mass is 419 g/mol. The van der Waals surface area contributed by atoms with Crippen LogP contribution in [0.25, 0.3) is 0 Å². The van der Waals surface area contributed by atoms with Crippen molar-refractivity contribution in [2.24, 2.45) is 0 Å². The summed E-state index contributed by atoms with van der Waals surface area (Å²) in [6.45, 7) is 2.43. The van der Waals surface area contributed by atoms with E-state index in [0.717, 1.165) is 6.26 Å². The molecule has 0 saturated carbocycles. The van der Waals surface area contributed by atoms with Crippen molar-refractivity contribution >= 4 is 27.5 Å². The van der Waals surface area contributed by atoms with Gasteiger partial charge in [0.25, 0.3) is 0 Å². The lowest BCUT2D eigenvalue weighted by atomic mass is 10.1. The van der Waals surface area contributed by atoms with Gasteiger partial charge >= 0.3 is 5.97 Å². The second kappa shape index (κ2) is 8.52. The molecule has 1 atom stereocenters. The predicted molar refractivity (Wildman–Crippen MR) is 106 cm³/mol. The number of Topliss-reactive ketones (excluding diaryl/α,β-unsaturated/α-hetero) is 1. The Balaban J connectivity index is 1.58. The number of fused-ring (bicyclic) bond motifs is 1. The molecule has 2 aromatic carbocycles. The molecule has 0 bridgehead atoms. The number of carbonyl (C=O) groups excluding carboxylic acids is 2. The number of rotatable bonds is 7. The van der Waals surface area contributed by atoms with Gasteiger partial charge in [0.1, 0.15) is 13.2 Å². The van der Waals surface area contributed by atoms with Crippen molar-refractivity contribution in [3.05, 3.63) is 53.6 Å². The first-order valence-corrected chi connectivity index (χ1v) is 10.8. The summed E-state index contributed by atoms with van der Waals surface area (Å²) < 4.78 is 41.0. The first kappa shape index (κ1) is 20.7. The van der Waals surface area contributed by atoms with Gasteiger partial charge in [0.05, 0.1) is 12.7 Å². The third-order valence-corrected chi connectivity index (χ3v) is 4.71. The highest BCUT2D eigenvalue weighted by atomic mass is 32.2. The van der Waals surface area contributed by atoms with Gasteiger partial charge in [-0.05, 0) is 48.9 Å². The molecule has 1 aliphatic heterocycles. The molecule has 0 amide bonds. The molecule has 1 unspecified atom stereocenters. The Kier molecular flexibility index (Phi) is 6.07. The van der Waals surface area contributed by atoms with Crippen LogP contribution in [0.1, 0.15) is 22.8 Å². The number of anilines is 1. The number of carbonyl (C=O) groups is 2. The Bertz CT molecular complexity index is 1020. The largest absolute Gasteiger partial charge is 0.486 e. The SMILES string of the molecule is CC(OC(=O)Cc1ccc2c(c1)OCCO2)C(=O)c1ccc(NS(C)(=O)=O)cc1. The molecule has 0 fully saturated rings. The minimum absolute atomic E-state index is 0.00846. The topological polar surface area (TPSA) is 108 Å². The molecule has 8 nitrogen and oxygen atoms in total. The molecule has 2 aromatic rings. The summed E-state index contributed by atoms with van der Waals surface area (Å²) in [4.78, 5) is 24.7. The van der Waals surface area contributed by atoms with Crippen molar-refractivity contribution in [1.82, 2.24) is 0 Å². The lowest BCUT2D eigenvalue weighted by molar-refractivity contribution is -0.145. The lowest BCUT2D eigenvalue weighted by Crippen LogP contribution is -2.25. The Morgan fingerprint density at radius 2 is 1.72 bits per heavy atom. The number of ketones is 1. The molecule has 1 N–H and O–H groups in total. The molecule has 0 spiro atoms. The van der Waals surface area contributed by atoms with E-state index in [1.165, 1.54) is 31.2 Å². The van der Waals surface area contributed by atoms with Crippen LogP contribution in [-0.4, -0.2) is 45.7 Å². The minimum atomic E-state index is -3.40. The van der Waals surface area contributed by atoms with Gasteiger partial charge in [-0.25, -0.2) is 8.42 Å². The normalized spacial score (nSPS) is 14.0. The Morgan fingerprint density at radius 3 is 2.38 bits per heavy atom. The van der Waals surface area contributed by atoms with Gasteiger partial charge in [-0.15, -0.1) is 0 Å². The van der Waals surface area contributed by atoms with Gasteiger partial charge in [0.15, 0.2) is 17.6 Å². The average Bonchev–Trinajstić information content (AvgIpc) is 2.66. The lowest BCUT2D eigenvalue weighted by Gasteiger charge is -2.19. The number of esters is 1. The molecule has 1 heterocycles. The van der Waals surface area contributed by atoms with Crippen LogP contribution in [-0.2, 0) is 26.0 Å². The molecule has 0 saturated heterocycles. The van der Waals surface area contributed by atoms with Crippen LogP contribution < -0.4 is 14.2 Å². The number of sulfonamides is 1. The third kappa shape index (κ3) is 5.71. The number of ether oxygens (including phenoxy) is 3. The zero-order chi connectivity index (χ0) is 21.0. The summed E-state index contributed by atoms with van der Waals surface area (Å²) in [6.07, 6.45) is 0.0502. The molecule has 154 valence electrons. The van der Waals surface area contributed by atoms with Gasteiger partial charge in [0, 0.05) is 11.3 Å². The third-order valence-electron chi connectivity index (χ3n) is 4.11. The fourth-order valence-electron chi connectivity index (χ4n) is 2.81. The number of nitrogens with one attached hydrogen (secondary N) is 1. The van der Waals surface area contributed by atoms with E-state index >= 15 is 0 Å². The second-order valence-electron chi connectivity index (χ2n) is 6.60. The fraction of sp³-hybridized carbons (Fsp3) is 0.300. The quantitative estimate of drug-likeness (QED) is 0.541. The molecular formula is C20H21NO7S. The summed E-state index contributed by atoms with van der Waals surface area (Å²) >= 11 is 0. The Labute approximate surface area is 168 Å². The molecule has 1 aliphatic rings. The summed E-state index contributed by atoms with van der Waals surface area (Å²) in [7, 11) is -3.40. The average molecular weight is 419 g/mol. The van der Waals surface area contributed by atoms with Crippen LogP contribution in [0.2, 0.25) is 0 Å². The maximum atomic E-state index is 12.5. The molecule has 0 aliphatic carbocycles. The summed E-state index contributed by atoms with van der Waals surface area (Å²) in [5, 5.41) is 0. The van der Waals surface area contributed by atoms with Crippen molar-refractivity contribution < 1.29 is 32.2 Å². The van der Waals surface area contributed by atoms with Gasteiger partial charge in [0.2, 0.25) is 15.8 Å². The van der Waals surface area contributed by atoms with Gasteiger partial charge in [-0.3, -0.25) is 14.3 Å². The first-order chi connectivity index (χ1) is 13.7. The van der Waals surface area contributed by atoms with Gasteiger partial charge < -0.3 is 14.2 Å². The Morgan fingerprint density at radius 1 is 1.07 bits per heavy atom. The number of hydrogen-bond acceptors (Lipinski definition) is 7. The van der Waals surface area contributed by atoms with Crippen LogP contribution >= 0.6 is 0 Å². The van der Waals surface area contributed by atoms with Crippen LogP contribution in [0, 0.1) is 0 Å². The van der Waals surface area contributed by atoms with E-state index in [-0.39, 0.29) is 12.2 Å². The summed E-state index contributed by atoms with van der Waals surface area (Å²) in [5.74, 6) is 0.281. The zero-order valence-corrected chi connectivity index (χ0v) is 16.8. The Hall–Kier alpha value is -3.07. The summed E-state index contributed by atoms with van der Waals surface area (Å²) in [5.41, 5.74) is 1.34. The predicted octanol–water partition coefficient (Wildman–Crippen LogP) is 2.19. The van der Waals surface area contributed by atoms with Crippen molar-refractivity contribution in [2.45, 2.75) is 19.4 Å². The van der Waals surface area contributed by atoms with Crippen molar-refractivity contribution in [3.8, 4) is 11.5 Å². The maximum Gasteiger partial charge on any atom is 0.310 e. The van der Waals surface area contributed by atoms with Crippen molar-refractivity contribution in [2.75, 3.05) is 24.2 Å². The highest BCUT2D eigenvalue weighted by molar-refractivity contribution is 7.92. The fourth-order valence-corrected chi connectivity index (χ4v) is 3.37. The van der Waals surface area contributed by atoms with E-state index < -0.39 is 22.1 Å².